The minimum Gasteiger partial charge on any atom is -0.392 e. The van der Waals surface area contributed by atoms with Gasteiger partial charge in [-0.25, -0.2) is 0 Å². The molecular weight excluding hydrogens is 230 g/mol. The lowest BCUT2D eigenvalue weighted by atomic mass is 9.96. The predicted octanol–water partition coefficient (Wildman–Crippen LogP) is -0.491. The van der Waals surface area contributed by atoms with E-state index in [9.17, 15) is 9.90 Å². The maximum atomic E-state index is 12.2. The summed E-state index contributed by atoms with van der Waals surface area (Å²) in [5.41, 5.74) is 0. The Hall–Kier alpha value is -0.650. The molecule has 2 fully saturated rings. The van der Waals surface area contributed by atoms with E-state index in [0.29, 0.717) is 18.9 Å². The number of likely N-dealkylation sites (N-methyl/N-ethyl adjacent to an activating group) is 1. The van der Waals surface area contributed by atoms with Crippen LogP contribution < -0.4 is 5.32 Å². The highest BCUT2D eigenvalue weighted by atomic mass is 16.3. The van der Waals surface area contributed by atoms with Gasteiger partial charge in [-0.15, -0.1) is 0 Å². The lowest BCUT2D eigenvalue weighted by Crippen LogP contribution is -2.44. The Labute approximate surface area is 109 Å². The van der Waals surface area contributed by atoms with E-state index in [1.165, 1.54) is 12.8 Å². The molecule has 2 unspecified atom stereocenters. The molecule has 0 aliphatic carbocycles. The molecule has 104 valence electrons. The first-order valence-electron chi connectivity index (χ1n) is 6.91. The lowest BCUT2D eigenvalue weighted by molar-refractivity contribution is -0.132. The van der Waals surface area contributed by atoms with E-state index in [-0.39, 0.29) is 18.1 Å². The Kier molecular flexibility index (Phi) is 4.59. The number of carbonyl (C=O) groups is 1. The second-order valence-electron chi connectivity index (χ2n) is 5.82. The van der Waals surface area contributed by atoms with Gasteiger partial charge in [0.05, 0.1) is 12.1 Å². The number of aliphatic hydroxyl groups is 1. The van der Waals surface area contributed by atoms with Gasteiger partial charge in [0.1, 0.15) is 0 Å². The van der Waals surface area contributed by atoms with E-state index in [2.05, 4.69) is 17.3 Å². The number of carbonyl (C=O) groups excluding carboxylic acids is 1. The van der Waals surface area contributed by atoms with Crippen LogP contribution in [0.25, 0.3) is 0 Å². The van der Waals surface area contributed by atoms with Crippen molar-refractivity contribution in [1.82, 2.24) is 15.1 Å². The zero-order chi connectivity index (χ0) is 13.1. The molecule has 0 bridgehead atoms. The standard InChI is InChI=1S/C13H25N3O2/c1-15-5-3-10(4-6-15)9-16(2)13(18)12-7-11(17)8-14-12/h10-12,14,17H,3-9H2,1-2H3. The second-order valence-corrected chi connectivity index (χ2v) is 5.82. The Morgan fingerprint density at radius 3 is 2.67 bits per heavy atom. The molecule has 0 radical (unpaired) electrons. The van der Waals surface area contributed by atoms with Gasteiger partial charge in [-0.3, -0.25) is 4.79 Å². The van der Waals surface area contributed by atoms with Crippen molar-refractivity contribution < 1.29 is 9.90 Å². The Bertz CT molecular complexity index is 290. The van der Waals surface area contributed by atoms with Gasteiger partial charge in [-0.2, -0.15) is 0 Å². The molecule has 5 heteroatoms. The molecule has 1 amide bonds. The third-order valence-corrected chi connectivity index (χ3v) is 4.15. The third kappa shape index (κ3) is 3.43. The van der Waals surface area contributed by atoms with Crippen LogP contribution in [0, 0.1) is 5.92 Å². The average molecular weight is 255 g/mol. The van der Waals surface area contributed by atoms with Crippen LogP contribution in [0.4, 0.5) is 0 Å². The smallest absolute Gasteiger partial charge is 0.239 e. The molecule has 0 aromatic rings. The Morgan fingerprint density at radius 2 is 2.11 bits per heavy atom. The number of β-amino-alcohol motifs (C(OH)–C–C–N with tert-alkyl or cyclic N) is 1. The van der Waals surface area contributed by atoms with Gasteiger partial charge in [-0.05, 0) is 45.3 Å². The van der Waals surface area contributed by atoms with Crippen molar-refractivity contribution in [2.45, 2.75) is 31.4 Å². The quantitative estimate of drug-likeness (QED) is 0.714. The Balaban J connectivity index is 1.77. The Morgan fingerprint density at radius 1 is 1.44 bits per heavy atom. The van der Waals surface area contributed by atoms with Gasteiger partial charge >= 0.3 is 0 Å². The minimum absolute atomic E-state index is 0.130. The van der Waals surface area contributed by atoms with Gasteiger partial charge in [-0.1, -0.05) is 0 Å². The average Bonchev–Trinajstić information content (AvgIpc) is 2.78. The van der Waals surface area contributed by atoms with Crippen molar-refractivity contribution in [3.05, 3.63) is 0 Å². The summed E-state index contributed by atoms with van der Waals surface area (Å²) in [6, 6.07) is -0.184. The summed E-state index contributed by atoms with van der Waals surface area (Å²) in [7, 11) is 4.03. The van der Waals surface area contributed by atoms with Gasteiger partial charge in [0.25, 0.3) is 0 Å². The first-order chi connectivity index (χ1) is 8.56. The van der Waals surface area contributed by atoms with Crippen molar-refractivity contribution in [2.75, 3.05) is 40.3 Å². The van der Waals surface area contributed by atoms with E-state index >= 15 is 0 Å². The summed E-state index contributed by atoms with van der Waals surface area (Å²) in [6.45, 7) is 3.65. The molecular formula is C13H25N3O2. The first kappa shape index (κ1) is 13.8. The van der Waals surface area contributed by atoms with Crippen LogP contribution in [0.5, 0.6) is 0 Å². The fourth-order valence-electron chi connectivity index (χ4n) is 2.89. The number of amides is 1. The number of rotatable bonds is 3. The molecule has 0 aromatic heterocycles. The number of likely N-dealkylation sites (tertiary alicyclic amines) is 1. The van der Waals surface area contributed by atoms with Gasteiger partial charge < -0.3 is 20.2 Å². The van der Waals surface area contributed by atoms with E-state index in [4.69, 9.17) is 0 Å². The summed E-state index contributed by atoms with van der Waals surface area (Å²) in [5.74, 6) is 0.756. The maximum Gasteiger partial charge on any atom is 0.239 e. The molecule has 0 aromatic carbocycles. The van der Waals surface area contributed by atoms with Crippen LogP contribution in [0.2, 0.25) is 0 Å². The van der Waals surface area contributed by atoms with Crippen LogP contribution >= 0.6 is 0 Å². The van der Waals surface area contributed by atoms with Crippen LogP contribution in [0.3, 0.4) is 0 Å². The molecule has 5 nitrogen and oxygen atoms in total. The fourth-order valence-corrected chi connectivity index (χ4v) is 2.89. The van der Waals surface area contributed by atoms with E-state index in [0.717, 1.165) is 19.6 Å². The van der Waals surface area contributed by atoms with Crippen LogP contribution in [-0.2, 0) is 4.79 Å². The van der Waals surface area contributed by atoms with E-state index in [1.807, 2.05) is 11.9 Å². The van der Waals surface area contributed by atoms with Gasteiger partial charge in [0.2, 0.25) is 5.91 Å². The highest BCUT2D eigenvalue weighted by Crippen LogP contribution is 2.18. The molecule has 18 heavy (non-hydrogen) atoms. The topological polar surface area (TPSA) is 55.8 Å². The molecule has 2 N–H and O–H groups in total. The van der Waals surface area contributed by atoms with Crippen LogP contribution in [-0.4, -0.2) is 73.2 Å². The summed E-state index contributed by atoms with van der Waals surface area (Å²) in [6.07, 6.45) is 2.54. The number of nitrogens with one attached hydrogen (secondary N) is 1. The molecule has 0 saturated carbocycles. The van der Waals surface area contributed by atoms with E-state index in [1.54, 1.807) is 0 Å². The molecule has 2 heterocycles. The molecule has 2 saturated heterocycles. The summed E-state index contributed by atoms with van der Waals surface area (Å²) < 4.78 is 0. The van der Waals surface area contributed by atoms with Crippen LogP contribution in [0.15, 0.2) is 0 Å². The molecule has 2 atom stereocenters. The SMILES string of the molecule is CN1CCC(CN(C)C(=O)C2CC(O)CN2)CC1. The highest BCUT2D eigenvalue weighted by molar-refractivity contribution is 5.82. The summed E-state index contributed by atoms with van der Waals surface area (Å²) >= 11 is 0. The van der Waals surface area contributed by atoms with Crippen molar-refractivity contribution >= 4 is 5.91 Å². The van der Waals surface area contributed by atoms with Crippen molar-refractivity contribution in [2.24, 2.45) is 5.92 Å². The number of piperidine rings is 1. The summed E-state index contributed by atoms with van der Waals surface area (Å²) in [4.78, 5) is 16.4. The van der Waals surface area contributed by atoms with Crippen molar-refractivity contribution in [3.63, 3.8) is 0 Å². The number of hydrogen-bond donors (Lipinski definition) is 2. The predicted molar refractivity (Wildman–Crippen MR) is 70.3 cm³/mol. The minimum atomic E-state index is -0.365. The van der Waals surface area contributed by atoms with Crippen molar-refractivity contribution in [1.29, 1.82) is 0 Å². The molecule has 2 aliphatic heterocycles. The van der Waals surface area contributed by atoms with Crippen molar-refractivity contribution in [3.8, 4) is 0 Å². The lowest BCUT2D eigenvalue weighted by Gasteiger charge is -2.32. The number of nitrogens with zero attached hydrogens (tertiary/aromatic N) is 2. The van der Waals surface area contributed by atoms with E-state index < -0.39 is 0 Å². The summed E-state index contributed by atoms with van der Waals surface area (Å²) in [5, 5.41) is 12.5. The first-order valence-corrected chi connectivity index (χ1v) is 6.91. The zero-order valence-electron chi connectivity index (χ0n) is 11.4. The van der Waals surface area contributed by atoms with Crippen LogP contribution in [0.1, 0.15) is 19.3 Å². The van der Waals surface area contributed by atoms with Gasteiger partial charge in [0, 0.05) is 20.1 Å². The molecule has 2 rings (SSSR count). The fraction of sp³-hybridized carbons (Fsp3) is 0.923. The monoisotopic (exact) mass is 255 g/mol. The zero-order valence-corrected chi connectivity index (χ0v) is 11.4. The number of hydrogen-bond acceptors (Lipinski definition) is 4. The second kappa shape index (κ2) is 5.99. The normalized spacial score (nSPS) is 30.6. The largest absolute Gasteiger partial charge is 0.392 e. The third-order valence-electron chi connectivity index (χ3n) is 4.15. The maximum absolute atomic E-state index is 12.2. The van der Waals surface area contributed by atoms with Gasteiger partial charge in [0.15, 0.2) is 0 Å². The molecule has 2 aliphatic rings. The number of aliphatic hydroxyl groups excluding tert-OH is 1. The molecule has 0 spiro atoms. The highest BCUT2D eigenvalue weighted by Gasteiger charge is 2.31.